The SMILES string of the molecule is Cc1cc(C(=O)NC2CCCC2)ccc1NC(=O)NCCCC(=O)O. The first-order valence-corrected chi connectivity index (χ1v) is 8.64. The van der Waals surface area contributed by atoms with Crippen molar-refractivity contribution in [3.63, 3.8) is 0 Å². The standard InChI is InChI=1S/C18H25N3O4/c1-12-11-13(17(24)20-14-5-2-3-6-14)8-9-15(12)21-18(25)19-10-4-7-16(22)23/h8-9,11,14H,2-7,10H2,1H3,(H,20,24)(H,22,23)(H2,19,21,25). The van der Waals surface area contributed by atoms with Gasteiger partial charge in [-0.05, 0) is 49.9 Å². The molecule has 1 fully saturated rings. The molecule has 1 aliphatic carbocycles. The molecule has 136 valence electrons. The maximum absolute atomic E-state index is 12.3. The monoisotopic (exact) mass is 347 g/mol. The minimum Gasteiger partial charge on any atom is -0.481 e. The lowest BCUT2D eigenvalue weighted by Crippen LogP contribution is -2.32. The molecular weight excluding hydrogens is 322 g/mol. The Labute approximate surface area is 147 Å². The molecule has 0 atom stereocenters. The molecule has 0 aliphatic heterocycles. The number of hydrogen-bond donors (Lipinski definition) is 4. The van der Waals surface area contributed by atoms with E-state index in [-0.39, 0.29) is 18.4 Å². The van der Waals surface area contributed by atoms with Crippen LogP contribution in [-0.4, -0.2) is 35.6 Å². The summed E-state index contributed by atoms with van der Waals surface area (Å²) < 4.78 is 0. The number of carboxylic acids is 1. The number of rotatable bonds is 7. The Morgan fingerprint density at radius 3 is 2.56 bits per heavy atom. The molecule has 7 nitrogen and oxygen atoms in total. The molecule has 0 spiro atoms. The number of hydrogen-bond acceptors (Lipinski definition) is 3. The van der Waals surface area contributed by atoms with Gasteiger partial charge in [0.05, 0.1) is 0 Å². The van der Waals surface area contributed by atoms with Gasteiger partial charge in [-0.15, -0.1) is 0 Å². The van der Waals surface area contributed by atoms with Crippen LogP contribution >= 0.6 is 0 Å². The van der Waals surface area contributed by atoms with Gasteiger partial charge in [0.2, 0.25) is 0 Å². The molecule has 0 saturated heterocycles. The highest BCUT2D eigenvalue weighted by Crippen LogP contribution is 2.20. The predicted octanol–water partition coefficient (Wildman–Crippen LogP) is 2.65. The maximum Gasteiger partial charge on any atom is 0.319 e. The number of carbonyl (C=O) groups is 3. The second-order valence-corrected chi connectivity index (χ2v) is 6.36. The van der Waals surface area contributed by atoms with Crippen molar-refractivity contribution in [1.29, 1.82) is 0 Å². The van der Waals surface area contributed by atoms with Crippen molar-refractivity contribution in [1.82, 2.24) is 10.6 Å². The summed E-state index contributed by atoms with van der Waals surface area (Å²) in [6, 6.07) is 5.02. The third-order valence-corrected chi connectivity index (χ3v) is 4.28. The average Bonchev–Trinajstić information content (AvgIpc) is 3.06. The molecule has 1 aromatic carbocycles. The summed E-state index contributed by atoms with van der Waals surface area (Å²) in [6.45, 7) is 2.12. The molecule has 0 unspecified atom stereocenters. The van der Waals surface area contributed by atoms with E-state index in [4.69, 9.17) is 5.11 Å². The Morgan fingerprint density at radius 1 is 1.20 bits per heavy atom. The van der Waals surface area contributed by atoms with Crippen LogP contribution in [0.15, 0.2) is 18.2 Å². The molecule has 0 radical (unpaired) electrons. The summed E-state index contributed by atoms with van der Waals surface area (Å²) in [4.78, 5) is 34.5. The van der Waals surface area contributed by atoms with Gasteiger partial charge in [-0.1, -0.05) is 12.8 Å². The summed E-state index contributed by atoms with van der Waals surface area (Å²) in [5.74, 6) is -0.968. The van der Waals surface area contributed by atoms with E-state index in [9.17, 15) is 14.4 Å². The summed E-state index contributed by atoms with van der Waals surface area (Å²) in [5, 5.41) is 16.9. The van der Waals surface area contributed by atoms with E-state index in [1.54, 1.807) is 18.2 Å². The van der Waals surface area contributed by atoms with Crippen molar-refractivity contribution in [2.24, 2.45) is 0 Å². The van der Waals surface area contributed by atoms with Crippen LogP contribution in [0.2, 0.25) is 0 Å². The van der Waals surface area contributed by atoms with Crippen LogP contribution in [0.25, 0.3) is 0 Å². The molecule has 3 amide bonds. The van der Waals surface area contributed by atoms with Gasteiger partial charge in [0.1, 0.15) is 0 Å². The Hall–Kier alpha value is -2.57. The highest BCUT2D eigenvalue weighted by atomic mass is 16.4. The maximum atomic E-state index is 12.3. The zero-order valence-electron chi connectivity index (χ0n) is 14.4. The highest BCUT2D eigenvalue weighted by molar-refractivity contribution is 5.96. The van der Waals surface area contributed by atoms with Crippen molar-refractivity contribution < 1.29 is 19.5 Å². The smallest absolute Gasteiger partial charge is 0.319 e. The first kappa shape index (κ1) is 18.8. The number of carboxylic acid groups (broad SMARTS) is 1. The van der Waals surface area contributed by atoms with Gasteiger partial charge in [-0.3, -0.25) is 9.59 Å². The molecule has 0 bridgehead atoms. The van der Waals surface area contributed by atoms with E-state index in [2.05, 4.69) is 16.0 Å². The molecule has 1 saturated carbocycles. The fraction of sp³-hybridized carbons (Fsp3) is 0.500. The molecule has 0 heterocycles. The molecular formula is C18H25N3O4. The second kappa shape index (κ2) is 9.05. The third kappa shape index (κ3) is 6.10. The number of aliphatic carboxylic acids is 1. The van der Waals surface area contributed by atoms with Gasteiger partial charge in [0.25, 0.3) is 5.91 Å². The predicted molar refractivity (Wildman–Crippen MR) is 94.8 cm³/mol. The molecule has 4 N–H and O–H groups in total. The first-order valence-electron chi connectivity index (χ1n) is 8.64. The second-order valence-electron chi connectivity index (χ2n) is 6.36. The van der Waals surface area contributed by atoms with Crippen LogP contribution in [0.1, 0.15) is 54.4 Å². The van der Waals surface area contributed by atoms with E-state index in [1.165, 1.54) is 0 Å². The molecule has 0 aromatic heterocycles. The largest absolute Gasteiger partial charge is 0.481 e. The van der Waals surface area contributed by atoms with Crippen LogP contribution in [0.3, 0.4) is 0 Å². The van der Waals surface area contributed by atoms with Gasteiger partial charge in [0, 0.05) is 30.3 Å². The van der Waals surface area contributed by atoms with Crippen molar-refractivity contribution in [2.45, 2.75) is 51.5 Å². The van der Waals surface area contributed by atoms with Crippen molar-refractivity contribution >= 4 is 23.6 Å². The van der Waals surface area contributed by atoms with Gasteiger partial charge in [0.15, 0.2) is 0 Å². The number of amides is 3. The quantitative estimate of drug-likeness (QED) is 0.569. The summed E-state index contributed by atoms with van der Waals surface area (Å²) >= 11 is 0. The lowest BCUT2D eigenvalue weighted by molar-refractivity contribution is -0.137. The van der Waals surface area contributed by atoms with Gasteiger partial charge in [-0.2, -0.15) is 0 Å². The van der Waals surface area contributed by atoms with E-state index in [0.717, 1.165) is 31.2 Å². The average molecular weight is 347 g/mol. The van der Waals surface area contributed by atoms with Crippen molar-refractivity contribution in [2.75, 3.05) is 11.9 Å². The van der Waals surface area contributed by atoms with Crippen LogP contribution in [0.4, 0.5) is 10.5 Å². The van der Waals surface area contributed by atoms with Crippen molar-refractivity contribution in [3.8, 4) is 0 Å². The van der Waals surface area contributed by atoms with Crippen LogP contribution in [0.5, 0.6) is 0 Å². The Morgan fingerprint density at radius 2 is 1.92 bits per heavy atom. The van der Waals surface area contributed by atoms with E-state index >= 15 is 0 Å². The Kier molecular flexibility index (Phi) is 6.80. The minimum absolute atomic E-state index is 0.0180. The van der Waals surface area contributed by atoms with Crippen LogP contribution in [-0.2, 0) is 4.79 Å². The van der Waals surface area contributed by atoms with Crippen LogP contribution in [0, 0.1) is 6.92 Å². The number of anilines is 1. The molecule has 1 aliphatic rings. The first-order chi connectivity index (χ1) is 12.0. The number of carbonyl (C=O) groups excluding carboxylic acids is 2. The van der Waals surface area contributed by atoms with Crippen molar-refractivity contribution in [3.05, 3.63) is 29.3 Å². The van der Waals surface area contributed by atoms with E-state index in [1.807, 2.05) is 6.92 Å². The topological polar surface area (TPSA) is 108 Å². The fourth-order valence-corrected chi connectivity index (χ4v) is 2.89. The highest BCUT2D eigenvalue weighted by Gasteiger charge is 2.18. The number of urea groups is 1. The molecule has 25 heavy (non-hydrogen) atoms. The minimum atomic E-state index is -0.885. The third-order valence-electron chi connectivity index (χ3n) is 4.28. The molecule has 1 aromatic rings. The summed E-state index contributed by atoms with van der Waals surface area (Å²) in [7, 11) is 0. The van der Waals surface area contributed by atoms with Gasteiger partial charge in [-0.25, -0.2) is 4.79 Å². The normalized spacial score (nSPS) is 14.1. The van der Waals surface area contributed by atoms with E-state index < -0.39 is 12.0 Å². The number of aryl methyl sites for hydroxylation is 1. The molecule has 2 rings (SSSR count). The van der Waals surface area contributed by atoms with E-state index in [0.29, 0.717) is 24.2 Å². The Bertz CT molecular complexity index is 639. The Balaban J connectivity index is 1.84. The summed E-state index contributed by atoms with van der Waals surface area (Å²) in [5.41, 5.74) is 1.99. The van der Waals surface area contributed by atoms with Crippen LogP contribution < -0.4 is 16.0 Å². The zero-order valence-corrected chi connectivity index (χ0v) is 14.4. The lowest BCUT2D eigenvalue weighted by Gasteiger charge is -2.14. The molecule has 7 heteroatoms. The fourth-order valence-electron chi connectivity index (χ4n) is 2.89. The number of nitrogens with one attached hydrogen (secondary N) is 3. The number of benzene rings is 1. The summed E-state index contributed by atoms with van der Waals surface area (Å²) in [6.07, 6.45) is 4.79. The lowest BCUT2D eigenvalue weighted by atomic mass is 10.1. The zero-order chi connectivity index (χ0) is 18.2. The van der Waals surface area contributed by atoms with Gasteiger partial charge >= 0.3 is 12.0 Å². The van der Waals surface area contributed by atoms with Gasteiger partial charge < -0.3 is 21.1 Å².